The highest BCUT2D eigenvalue weighted by Crippen LogP contribution is 2.10. The summed E-state index contributed by atoms with van der Waals surface area (Å²) in [5.74, 6) is 0.0238. The fourth-order valence-electron chi connectivity index (χ4n) is 1.59. The molecule has 0 fully saturated rings. The zero-order chi connectivity index (χ0) is 12.8. The Kier molecular flexibility index (Phi) is 5.10. The SMILES string of the molecule is CC(C)NC(=O)C(C)N[C@H](C)c1cccnc1. The number of amides is 1. The van der Waals surface area contributed by atoms with E-state index in [-0.39, 0.29) is 24.0 Å². The minimum Gasteiger partial charge on any atom is -0.353 e. The van der Waals surface area contributed by atoms with Gasteiger partial charge < -0.3 is 5.32 Å². The molecule has 1 rings (SSSR count). The molecule has 0 aliphatic rings. The van der Waals surface area contributed by atoms with Crippen LogP contribution in [0.1, 0.15) is 39.3 Å². The molecule has 0 aromatic carbocycles. The number of hydrogen-bond donors (Lipinski definition) is 2. The van der Waals surface area contributed by atoms with Gasteiger partial charge in [0.2, 0.25) is 5.91 Å². The number of nitrogens with zero attached hydrogens (tertiary/aromatic N) is 1. The van der Waals surface area contributed by atoms with Crippen molar-refractivity contribution in [2.45, 2.75) is 45.8 Å². The van der Waals surface area contributed by atoms with E-state index in [2.05, 4.69) is 15.6 Å². The second-order valence-corrected chi connectivity index (χ2v) is 4.56. The van der Waals surface area contributed by atoms with E-state index < -0.39 is 0 Å². The molecular formula is C13H21N3O. The molecule has 1 unspecified atom stereocenters. The highest BCUT2D eigenvalue weighted by Gasteiger charge is 2.16. The fraction of sp³-hybridized carbons (Fsp3) is 0.538. The van der Waals surface area contributed by atoms with Crippen LogP contribution in [0.25, 0.3) is 0 Å². The molecule has 4 heteroatoms. The van der Waals surface area contributed by atoms with Crippen molar-refractivity contribution in [1.29, 1.82) is 0 Å². The number of rotatable bonds is 5. The second-order valence-electron chi connectivity index (χ2n) is 4.56. The van der Waals surface area contributed by atoms with Crippen LogP contribution in [0.5, 0.6) is 0 Å². The van der Waals surface area contributed by atoms with Gasteiger partial charge in [-0.3, -0.25) is 15.1 Å². The molecule has 17 heavy (non-hydrogen) atoms. The smallest absolute Gasteiger partial charge is 0.237 e. The Hall–Kier alpha value is -1.42. The van der Waals surface area contributed by atoms with Gasteiger partial charge in [0.1, 0.15) is 0 Å². The largest absolute Gasteiger partial charge is 0.353 e. The minimum absolute atomic E-state index is 0.0238. The number of carbonyl (C=O) groups is 1. The first-order valence-electron chi connectivity index (χ1n) is 5.97. The summed E-state index contributed by atoms with van der Waals surface area (Å²) in [5.41, 5.74) is 1.08. The van der Waals surface area contributed by atoms with Crippen LogP contribution < -0.4 is 10.6 Å². The van der Waals surface area contributed by atoms with Crippen LogP contribution in [0.4, 0.5) is 0 Å². The molecule has 1 aromatic rings. The lowest BCUT2D eigenvalue weighted by Crippen LogP contribution is -2.45. The van der Waals surface area contributed by atoms with Crippen molar-refractivity contribution >= 4 is 5.91 Å². The monoisotopic (exact) mass is 235 g/mol. The van der Waals surface area contributed by atoms with E-state index in [4.69, 9.17) is 0 Å². The molecule has 0 saturated carbocycles. The topological polar surface area (TPSA) is 54.0 Å². The van der Waals surface area contributed by atoms with Gasteiger partial charge in [0.25, 0.3) is 0 Å². The van der Waals surface area contributed by atoms with E-state index in [1.807, 2.05) is 46.0 Å². The summed E-state index contributed by atoms with van der Waals surface area (Å²) in [6, 6.07) is 3.95. The number of nitrogens with one attached hydrogen (secondary N) is 2. The van der Waals surface area contributed by atoms with Gasteiger partial charge in [-0.05, 0) is 39.3 Å². The fourth-order valence-corrected chi connectivity index (χ4v) is 1.59. The van der Waals surface area contributed by atoms with E-state index in [0.717, 1.165) is 5.56 Å². The van der Waals surface area contributed by atoms with Gasteiger partial charge in [0.15, 0.2) is 0 Å². The highest BCUT2D eigenvalue weighted by molar-refractivity contribution is 5.81. The van der Waals surface area contributed by atoms with Gasteiger partial charge >= 0.3 is 0 Å². The van der Waals surface area contributed by atoms with Crippen LogP contribution >= 0.6 is 0 Å². The Labute approximate surface area is 103 Å². The molecule has 0 aliphatic carbocycles. The van der Waals surface area contributed by atoms with Crippen molar-refractivity contribution < 1.29 is 4.79 Å². The molecule has 4 nitrogen and oxygen atoms in total. The van der Waals surface area contributed by atoms with Gasteiger partial charge in [-0.2, -0.15) is 0 Å². The Morgan fingerprint density at radius 1 is 1.29 bits per heavy atom. The lowest BCUT2D eigenvalue weighted by Gasteiger charge is -2.20. The average Bonchev–Trinajstić information content (AvgIpc) is 2.29. The second kappa shape index (κ2) is 6.35. The summed E-state index contributed by atoms with van der Waals surface area (Å²) in [7, 11) is 0. The van der Waals surface area contributed by atoms with Gasteiger partial charge in [-0.25, -0.2) is 0 Å². The van der Waals surface area contributed by atoms with E-state index in [0.29, 0.717) is 0 Å². The molecule has 0 aliphatic heterocycles. The molecular weight excluding hydrogens is 214 g/mol. The van der Waals surface area contributed by atoms with Crippen molar-refractivity contribution in [2.24, 2.45) is 0 Å². The quantitative estimate of drug-likeness (QED) is 0.816. The third-order valence-corrected chi connectivity index (χ3v) is 2.51. The molecule has 0 spiro atoms. The first-order valence-corrected chi connectivity index (χ1v) is 5.97. The van der Waals surface area contributed by atoms with Gasteiger partial charge in [0.05, 0.1) is 6.04 Å². The molecule has 1 heterocycles. The summed E-state index contributed by atoms with van der Waals surface area (Å²) in [6.45, 7) is 7.80. The van der Waals surface area contributed by atoms with Crippen molar-refractivity contribution in [3.63, 3.8) is 0 Å². The lowest BCUT2D eigenvalue weighted by molar-refractivity contribution is -0.123. The standard InChI is InChI=1S/C13H21N3O/c1-9(2)15-13(17)11(4)16-10(3)12-6-5-7-14-8-12/h5-11,16H,1-4H3,(H,15,17)/t10-,11?/m1/s1. The van der Waals surface area contributed by atoms with Gasteiger partial charge in [-0.15, -0.1) is 0 Å². The molecule has 1 amide bonds. The Balaban J connectivity index is 2.51. The minimum atomic E-state index is -0.215. The van der Waals surface area contributed by atoms with E-state index >= 15 is 0 Å². The molecule has 1 aromatic heterocycles. The van der Waals surface area contributed by atoms with E-state index in [1.54, 1.807) is 6.20 Å². The van der Waals surface area contributed by atoms with Crippen LogP contribution in [0.15, 0.2) is 24.5 Å². The van der Waals surface area contributed by atoms with Crippen molar-refractivity contribution in [3.05, 3.63) is 30.1 Å². The lowest BCUT2D eigenvalue weighted by atomic mass is 10.1. The van der Waals surface area contributed by atoms with Crippen LogP contribution in [-0.4, -0.2) is 23.0 Å². The summed E-state index contributed by atoms with van der Waals surface area (Å²) >= 11 is 0. The predicted molar refractivity (Wildman–Crippen MR) is 68.5 cm³/mol. The van der Waals surface area contributed by atoms with Crippen LogP contribution in [-0.2, 0) is 4.79 Å². The maximum absolute atomic E-state index is 11.7. The maximum atomic E-state index is 11.7. The van der Waals surface area contributed by atoms with Crippen LogP contribution in [0, 0.1) is 0 Å². The van der Waals surface area contributed by atoms with Crippen LogP contribution in [0.3, 0.4) is 0 Å². The van der Waals surface area contributed by atoms with Crippen LogP contribution in [0.2, 0.25) is 0 Å². The zero-order valence-electron chi connectivity index (χ0n) is 10.9. The zero-order valence-corrected chi connectivity index (χ0v) is 10.9. The molecule has 94 valence electrons. The third kappa shape index (κ3) is 4.53. The first-order chi connectivity index (χ1) is 8.00. The summed E-state index contributed by atoms with van der Waals surface area (Å²) in [6.07, 6.45) is 3.55. The van der Waals surface area contributed by atoms with Gasteiger partial charge in [0, 0.05) is 24.5 Å². The summed E-state index contributed by atoms with van der Waals surface area (Å²) in [4.78, 5) is 15.8. The number of carbonyl (C=O) groups excluding carboxylic acids is 1. The Morgan fingerprint density at radius 3 is 2.53 bits per heavy atom. The molecule has 2 N–H and O–H groups in total. The first kappa shape index (κ1) is 13.6. The maximum Gasteiger partial charge on any atom is 0.237 e. The predicted octanol–water partition coefficient (Wildman–Crippen LogP) is 1.65. The number of pyridine rings is 1. The Bertz CT molecular complexity index is 351. The average molecular weight is 235 g/mol. The molecule has 0 radical (unpaired) electrons. The Morgan fingerprint density at radius 2 is 2.00 bits per heavy atom. The third-order valence-electron chi connectivity index (χ3n) is 2.51. The molecule has 2 atom stereocenters. The number of hydrogen-bond acceptors (Lipinski definition) is 3. The number of aromatic nitrogens is 1. The molecule has 0 bridgehead atoms. The summed E-state index contributed by atoms with van der Waals surface area (Å²) in [5, 5.41) is 6.13. The van der Waals surface area contributed by atoms with Crippen molar-refractivity contribution in [3.8, 4) is 0 Å². The van der Waals surface area contributed by atoms with Gasteiger partial charge in [-0.1, -0.05) is 6.07 Å². The highest BCUT2D eigenvalue weighted by atomic mass is 16.2. The van der Waals surface area contributed by atoms with E-state index in [9.17, 15) is 4.79 Å². The van der Waals surface area contributed by atoms with E-state index in [1.165, 1.54) is 0 Å². The van der Waals surface area contributed by atoms with Crippen molar-refractivity contribution in [1.82, 2.24) is 15.6 Å². The van der Waals surface area contributed by atoms with Crippen molar-refractivity contribution in [2.75, 3.05) is 0 Å². The normalized spacial score (nSPS) is 14.4. The molecule has 0 saturated heterocycles. The summed E-state index contributed by atoms with van der Waals surface area (Å²) < 4.78 is 0.